The zero-order chi connectivity index (χ0) is 23.4. The lowest BCUT2D eigenvalue weighted by Gasteiger charge is -2.45. The van der Waals surface area contributed by atoms with Crippen LogP contribution in [0, 0.1) is 5.92 Å². The van der Waals surface area contributed by atoms with Crippen molar-refractivity contribution in [2.75, 3.05) is 26.3 Å². The van der Waals surface area contributed by atoms with Crippen LogP contribution in [0.5, 0.6) is 0 Å². The molecule has 1 aromatic rings. The Morgan fingerprint density at radius 2 is 1.79 bits per heavy atom. The number of morpholine rings is 1. The minimum atomic E-state index is -3.85. The quantitative estimate of drug-likeness (QED) is 0.673. The van der Waals surface area contributed by atoms with Crippen LogP contribution in [0.3, 0.4) is 0 Å². The molecular formula is C23H32ClN3O5S. The van der Waals surface area contributed by atoms with Crippen LogP contribution in [0.1, 0.15) is 39.5 Å². The maximum absolute atomic E-state index is 13.8. The van der Waals surface area contributed by atoms with Crippen molar-refractivity contribution < 1.29 is 22.7 Å². The van der Waals surface area contributed by atoms with Crippen LogP contribution in [0.25, 0.3) is 0 Å². The van der Waals surface area contributed by atoms with Crippen molar-refractivity contribution in [1.82, 2.24) is 14.5 Å². The lowest BCUT2D eigenvalue weighted by molar-refractivity contribution is -0.0805. The highest BCUT2D eigenvalue weighted by atomic mass is 35.5. The number of piperazine rings is 1. The number of hydrogen-bond acceptors (Lipinski definition) is 6. The largest absolute Gasteiger partial charge is 0.441 e. The van der Waals surface area contributed by atoms with Crippen LogP contribution in [-0.2, 0) is 19.5 Å². The molecule has 10 heteroatoms. The highest BCUT2D eigenvalue weighted by Crippen LogP contribution is 2.48. The normalized spacial score (nSPS) is 31.6. The Labute approximate surface area is 200 Å². The summed E-state index contributed by atoms with van der Waals surface area (Å²) < 4.78 is 41.3. The van der Waals surface area contributed by atoms with E-state index in [4.69, 9.17) is 21.1 Å². The second-order valence-corrected chi connectivity index (χ2v) is 12.4. The Morgan fingerprint density at radius 3 is 2.36 bits per heavy atom. The topological polar surface area (TPSA) is 88.2 Å². The molecule has 0 radical (unpaired) electrons. The Hall–Kier alpha value is -1.39. The fourth-order valence-electron chi connectivity index (χ4n) is 5.43. The van der Waals surface area contributed by atoms with Crippen molar-refractivity contribution in [2.24, 2.45) is 5.92 Å². The molecule has 1 aromatic carbocycles. The van der Waals surface area contributed by atoms with Crippen molar-refractivity contribution in [2.45, 2.75) is 74.2 Å². The number of ether oxygens (including phenoxy) is 2. The lowest BCUT2D eigenvalue weighted by atomic mass is 9.99. The van der Waals surface area contributed by atoms with E-state index in [1.165, 1.54) is 12.1 Å². The highest BCUT2D eigenvalue weighted by Gasteiger charge is 2.61. The summed E-state index contributed by atoms with van der Waals surface area (Å²) in [5.41, 5.74) is -0.853. The van der Waals surface area contributed by atoms with E-state index >= 15 is 0 Å². The van der Waals surface area contributed by atoms with E-state index in [0.29, 0.717) is 49.6 Å². The molecule has 2 bridgehead atoms. The van der Waals surface area contributed by atoms with Gasteiger partial charge in [-0.3, -0.25) is 0 Å². The average Bonchev–Trinajstić information content (AvgIpc) is 3.50. The van der Waals surface area contributed by atoms with E-state index in [1.807, 2.05) is 13.8 Å². The van der Waals surface area contributed by atoms with Crippen LogP contribution in [0.4, 0.5) is 4.79 Å². The maximum atomic E-state index is 13.8. The third kappa shape index (κ3) is 4.38. The second-order valence-electron chi connectivity index (χ2n) is 10.1. The number of amides is 1. The number of carbonyl (C=O) groups is 1. The summed E-state index contributed by atoms with van der Waals surface area (Å²) in [5, 5.41) is 4.00. The van der Waals surface area contributed by atoms with Crippen molar-refractivity contribution in [3.63, 3.8) is 0 Å². The molecule has 5 rings (SSSR count). The highest BCUT2D eigenvalue weighted by molar-refractivity contribution is 7.89. The van der Waals surface area contributed by atoms with E-state index in [9.17, 15) is 13.2 Å². The molecule has 33 heavy (non-hydrogen) atoms. The van der Waals surface area contributed by atoms with Gasteiger partial charge in [0.05, 0.1) is 30.2 Å². The smallest absolute Gasteiger partial charge is 0.410 e. The molecule has 1 aliphatic carbocycles. The summed E-state index contributed by atoms with van der Waals surface area (Å²) in [6, 6.07) is 5.94. The predicted molar refractivity (Wildman–Crippen MR) is 124 cm³/mol. The van der Waals surface area contributed by atoms with Gasteiger partial charge >= 0.3 is 6.09 Å². The molecule has 4 fully saturated rings. The number of nitrogens with one attached hydrogen (secondary N) is 1. The molecule has 1 amide bonds. The van der Waals surface area contributed by atoms with Gasteiger partial charge in [0.15, 0.2) is 0 Å². The number of benzene rings is 1. The van der Waals surface area contributed by atoms with Gasteiger partial charge in [0.1, 0.15) is 5.60 Å². The standard InChI is InChI=1S/C23H32ClN3O5S/c1-15(2)20-13-31-14-21(27(20)33(29,30)19-7-3-16(24)4-8-19)23(9-10-23)32-22(28)26-11-17-5-6-18(12-26)25-17/h3-4,7-8,15,17-18,20-21,25H,5-6,9-14H2,1-2H3/t17?,18?,20-,21+/m0/s1. The molecule has 182 valence electrons. The molecule has 4 atom stereocenters. The number of carbonyl (C=O) groups excluding carboxylic acids is 1. The second kappa shape index (κ2) is 8.68. The third-order valence-electron chi connectivity index (χ3n) is 7.47. The van der Waals surface area contributed by atoms with E-state index in [0.717, 1.165) is 12.8 Å². The molecule has 4 aliphatic rings. The molecule has 1 saturated carbocycles. The molecule has 1 N–H and O–H groups in total. The van der Waals surface area contributed by atoms with Gasteiger partial charge in [-0.15, -0.1) is 0 Å². The number of likely N-dealkylation sites (tertiary alicyclic amines) is 1. The van der Waals surface area contributed by atoms with E-state index in [2.05, 4.69) is 5.32 Å². The van der Waals surface area contributed by atoms with Gasteiger partial charge in [0, 0.05) is 30.2 Å². The van der Waals surface area contributed by atoms with Gasteiger partial charge in [0.25, 0.3) is 0 Å². The Bertz CT molecular complexity index is 986. The zero-order valence-corrected chi connectivity index (χ0v) is 20.6. The SMILES string of the molecule is CC(C)[C@@H]1COC[C@H](C2(OC(=O)N3CC4CCC(C3)N4)CC2)N1S(=O)(=O)c1ccc(Cl)cc1. The fourth-order valence-corrected chi connectivity index (χ4v) is 7.53. The molecule has 3 saturated heterocycles. The minimum Gasteiger partial charge on any atom is -0.441 e. The lowest BCUT2D eigenvalue weighted by Crippen LogP contribution is -2.62. The molecule has 2 unspecified atom stereocenters. The van der Waals surface area contributed by atoms with E-state index < -0.39 is 21.7 Å². The number of fused-ring (bicyclic) bond motifs is 2. The van der Waals surface area contributed by atoms with Gasteiger partial charge in [-0.05, 0) is 55.9 Å². The molecular weight excluding hydrogens is 466 g/mol. The van der Waals surface area contributed by atoms with Crippen molar-refractivity contribution in [1.29, 1.82) is 0 Å². The van der Waals surface area contributed by atoms with E-state index in [-0.39, 0.29) is 29.6 Å². The fraction of sp³-hybridized carbons (Fsp3) is 0.696. The Balaban J connectivity index is 1.42. The first kappa shape index (κ1) is 23.4. The predicted octanol–water partition coefficient (Wildman–Crippen LogP) is 2.86. The molecule has 3 heterocycles. The van der Waals surface area contributed by atoms with Crippen LogP contribution < -0.4 is 5.32 Å². The van der Waals surface area contributed by atoms with Crippen molar-refractivity contribution in [3.8, 4) is 0 Å². The van der Waals surface area contributed by atoms with Gasteiger partial charge in [-0.25, -0.2) is 13.2 Å². The first-order valence-corrected chi connectivity index (χ1v) is 13.6. The Morgan fingerprint density at radius 1 is 1.15 bits per heavy atom. The number of halogens is 1. The van der Waals surface area contributed by atoms with Gasteiger partial charge in [-0.1, -0.05) is 25.4 Å². The summed E-state index contributed by atoms with van der Waals surface area (Å²) in [7, 11) is -3.85. The number of sulfonamides is 1. The zero-order valence-electron chi connectivity index (χ0n) is 19.1. The van der Waals surface area contributed by atoms with Gasteiger partial charge < -0.3 is 19.7 Å². The van der Waals surface area contributed by atoms with Crippen molar-refractivity contribution >= 4 is 27.7 Å². The number of rotatable bonds is 5. The van der Waals surface area contributed by atoms with Gasteiger partial charge in [0.2, 0.25) is 10.0 Å². The Kier molecular flexibility index (Phi) is 6.14. The van der Waals surface area contributed by atoms with Crippen LogP contribution >= 0.6 is 11.6 Å². The van der Waals surface area contributed by atoms with Crippen molar-refractivity contribution in [3.05, 3.63) is 29.3 Å². The molecule has 0 aromatic heterocycles. The maximum Gasteiger partial charge on any atom is 0.410 e. The third-order valence-corrected chi connectivity index (χ3v) is 9.67. The van der Waals surface area contributed by atoms with Crippen LogP contribution in [-0.4, -0.2) is 79.8 Å². The summed E-state index contributed by atoms with van der Waals surface area (Å²) in [5.74, 6) is 0.0326. The first-order chi connectivity index (χ1) is 15.7. The summed E-state index contributed by atoms with van der Waals surface area (Å²) >= 11 is 6.00. The van der Waals surface area contributed by atoms with E-state index in [1.54, 1.807) is 21.3 Å². The summed E-state index contributed by atoms with van der Waals surface area (Å²) in [6.45, 7) is 5.76. The summed E-state index contributed by atoms with van der Waals surface area (Å²) in [6.07, 6.45) is 3.05. The number of nitrogens with zero attached hydrogens (tertiary/aromatic N) is 2. The van der Waals surface area contributed by atoms with Crippen LogP contribution in [0.15, 0.2) is 29.2 Å². The van der Waals surface area contributed by atoms with Gasteiger partial charge in [-0.2, -0.15) is 4.31 Å². The summed E-state index contributed by atoms with van der Waals surface area (Å²) in [4.78, 5) is 15.1. The number of hydrogen-bond donors (Lipinski definition) is 1. The monoisotopic (exact) mass is 497 g/mol. The molecule has 8 nitrogen and oxygen atoms in total. The molecule has 3 aliphatic heterocycles. The minimum absolute atomic E-state index is 0.0326. The van der Waals surface area contributed by atoms with Crippen LogP contribution in [0.2, 0.25) is 5.02 Å². The average molecular weight is 498 g/mol. The first-order valence-electron chi connectivity index (χ1n) is 11.8. The molecule has 0 spiro atoms.